The van der Waals surface area contributed by atoms with E-state index < -0.39 is 23.4 Å². The molecule has 1 aliphatic heterocycles. The number of ether oxygens (including phenoxy) is 1. The van der Waals surface area contributed by atoms with Crippen LogP contribution in [-0.4, -0.2) is 24.1 Å². The fraction of sp³-hybridized carbons (Fsp3) is 0.222. The summed E-state index contributed by atoms with van der Waals surface area (Å²) in [6.07, 6.45) is -0.0984. The van der Waals surface area contributed by atoms with Crippen molar-refractivity contribution < 1.29 is 19.4 Å². The SMILES string of the molecule is COC(=O)C[C@@H](c1ccccc1)[C@@]1(O)C(=O)Nc2ccccc21. The molecule has 1 heterocycles. The number of carbonyl (C=O) groups excluding carboxylic acids is 2. The van der Waals surface area contributed by atoms with E-state index in [0.29, 0.717) is 16.8 Å². The largest absolute Gasteiger partial charge is 0.469 e. The summed E-state index contributed by atoms with van der Waals surface area (Å²) < 4.78 is 4.75. The number of hydrogen-bond acceptors (Lipinski definition) is 4. The van der Waals surface area contributed by atoms with Gasteiger partial charge in [-0.2, -0.15) is 0 Å². The van der Waals surface area contributed by atoms with E-state index in [1.54, 1.807) is 36.4 Å². The van der Waals surface area contributed by atoms with E-state index in [0.717, 1.165) is 0 Å². The predicted molar refractivity (Wildman–Crippen MR) is 84.8 cm³/mol. The average molecular weight is 311 g/mol. The summed E-state index contributed by atoms with van der Waals surface area (Å²) in [5.74, 6) is -1.75. The number of hydrogen-bond donors (Lipinski definition) is 2. The fourth-order valence-corrected chi connectivity index (χ4v) is 3.05. The van der Waals surface area contributed by atoms with Crippen LogP contribution >= 0.6 is 0 Å². The van der Waals surface area contributed by atoms with Gasteiger partial charge in [-0.15, -0.1) is 0 Å². The first-order chi connectivity index (χ1) is 11.1. The first-order valence-electron chi connectivity index (χ1n) is 7.32. The quantitative estimate of drug-likeness (QED) is 0.849. The summed E-state index contributed by atoms with van der Waals surface area (Å²) in [7, 11) is 1.29. The second-order valence-electron chi connectivity index (χ2n) is 5.51. The van der Waals surface area contributed by atoms with E-state index in [1.807, 2.05) is 18.2 Å². The van der Waals surface area contributed by atoms with Crippen LogP contribution < -0.4 is 5.32 Å². The van der Waals surface area contributed by atoms with Crippen LogP contribution in [0.25, 0.3) is 0 Å². The molecule has 23 heavy (non-hydrogen) atoms. The molecule has 0 aromatic heterocycles. The van der Waals surface area contributed by atoms with Crippen molar-refractivity contribution in [3.63, 3.8) is 0 Å². The Hall–Kier alpha value is -2.66. The highest BCUT2D eigenvalue weighted by atomic mass is 16.5. The summed E-state index contributed by atoms with van der Waals surface area (Å²) in [4.78, 5) is 24.4. The summed E-state index contributed by atoms with van der Waals surface area (Å²) in [6, 6.07) is 16.0. The molecule has 3 rings (SSSR count). The summed E-state index contributed by atoms with van der Waals surface area (Å²) >= 11 is 0. The molecule has 2 N–H and O–H groups in total. The minimum Gasteiger partial charge on any atom is -0.469 e. The highest BCUT2D eigenvalue weighted by Crippen LogP contribution is 2.46. The Labute approximate surface area is 133 Å². The molecule has 1 aliphatic rings. The first kappa shape index (κ1) is 15.2. The van der Waals surface area contributed by atoms with Crippen molar-refractivity contribution in [3.8, 4) is 0 Å². The van der Waals surface area contributed by atoms with Gasteiger partial charge in [0.25, 0.3) is 5.91 Å². The fourth-order valence-electron chi connectivity index (χ4n) is 3.05. The zero-order chi connectivity index (χ0) is 16.4. The van der Waals surface area contributed by atoms with E-state index in [9.17, 15) is 14.7 Å². The van der Waals surface area contributed by atoms with Gasteiger partial charge >= 0.3 is 5.97 Å². The number of benzene rings is 2. The number of nitrogens with one attached hydrogen (secondary N) is 1. The van der Waals surface area contributed by atoms with Crippen LogP contribution in [0.1, 0.15) is 23.5 Å². The van der Waals surface area contributed by atoms with Gasteiger partial charge in [0.05, 0.1) is 13.5 Å². The highest BCUT2D eigenvalue weighted by Gasteiger charge is 2.52. The van der Waals surface area contributed by atoms with E-state index in [2.05, 4.69) is 5.32 Å². The second-order valence-corrected chi connectivity index (χ2v) is 5.51. The van der Waals surface area contributed by atoms with Crippen LogP contribution in [0.5, 0.6) is 0 Å². The molecule has 2 atom stereocenters. The third-order valence-electron chi connectivity index (χ3n) is 4.24. The van der Waals surface area contributed by atoms with E-state index in [-0.39, 0.29) is 6.42 Å². The van der Waals surface area contributed by atoms with Gasteiger partial charge in [-0.25, -0.2) is 0 Å². The minimum absolute atomic E-state index is 0.0984. The van der Waals surface area contributed by atoms with Crippen molar-refractivity contribution in [2.75, 3.05) is 12.4 Å². The normalized spacial score (nSPS) is 20.5. The van der Waals surface area contributed by atoms with Crippen molar-refractivity contribution in [1.82, 2.24) is 0 Å². The third kappa shape index (κ3) is 2.49. The first-order valence-corrected chi connectivity index (χ1v) is 7.32. The van der Waals surface area contributed by atoms with Crippen LogP contribution in [0, 0.1) is 0 Å². The van der Waals surface area contributed by atoms with Gasteiger partial charge in [0.2, 0.25) is 0 Å². The van der Waals surface area contributed by atoms with Gasteiger partial charge in [-0.1, -0.05) is 48.5 Å². The number of carbonyl (C=O) groups is 2. The molecule has 0 radical (unpaired) electrons. The molecule has 2 aromatic rings. The van der Waals surface area contributed by atoms with Gasteiger partial charge < -0.3 is 15.2 Å². The summed E-state index contributed by atoms with van der Waals surface area (Å²) in [5.41, 5.74) is -0.0765. The molecular formula is C18H17NO4. The minimum atomic E-state index is -1.81. The monoisotopic (exact) mass is 311 g/mol. The van der Waals surface area contributed by atoms with Gasteiger partial charge in [-0.3, -0.25) is 9.59 Å². The van der Waals surface area contributed by atoms with E-state index in [4.69, 9.17) is 4.74 Å². The number of anilines is 1. The lowest BCUT2D eigenvalue weighted by Gasteiger charge is -2.30. The van der Waals surface area contributed by atoms with Gasteiger partial charge in [-0.05, 0) is 11.6 Å². The number of fused-ring (bicyclic) bond motifs is 1. The van der Waals surface area contributed by atoms with Crippen molar-refractivity contribution in [2.45, 2.75) is 17.9 Å². The molecule has 0 bridgehead atoms. The molecule has 0 unspecified atom stereocenters. The molecule has 1 amide bonds. The smallest absolute Gasteiger partial charge is 0.306 e. The maximum atomic E-state index is 12.5. The zero-order valence-electron chi connectivity index (χ0n) is 12.7. The van der Waals surface area contributed by atoms with E-state index >= 15 is 0 Å². The molecule has 0 spiro atoms. The Morgan fingerprint density at radius 2 is 1.83 bits per heavy atom. The number of para-hydroxylation sites is 1. The van der Waals surface area contributed by atoms with Crippen LogP contribution in [0.4, 0.5) is 5.69 Å². The highest BCUT2D eigenvalue weighted by molar-refractivity contribution is 6.05. The zero-order valence-corrected chi connectivity index (χ0v) is 12.7. The molecule has 0 fully saturated rings. The number of aliphatic hydroxyl groups is 1. The van der Waals surface area contributed by atoms with Gasteiger partial charge in [0.15, 0.2) is 5.60 Å². The average Bonchev–Trinajstić information content (AvgIpc) is 2.85. The molecule has 0 saturated heterocycles. The Morgan fingerprint density at radius 1 is 1.17 bits per heavy atom. The summed E-state index contributed by atoms with van der Waals surface area (Å²) in [6.45, 7) is 0. The second kappa shape index (κ2) is 5.85. The topological polar surface area (TPSA) is 75.6 Å². The van der Waals surface area contributed by atoms with Gasteiger partial charge in [0.1, 0.15) is 0 Å². The standard InChI is InChI=1S/C18H17NO4/c1-23-16(20)11-14(12-7-3-2-4-8-12)18(22)13-9-5-6-10-15(13)19-17(18)21/h2-10,14,22H,11H2,1H3,(H,19,21)/t14-,18+/m0/s1. The number of methoxy groups -OCH3 is 1. The Kier molecular flexibility index (Phi) is 3.88. The molecule has 2 aromatic carbocycles. The van der Waals surface area contributed by atoms with Crippen LogP contribution in [-0.2, 0) is 19.9 Å². The number of amides is 1. The molecule has 0 aliphatic carbocycles. The molecule has 5 nitrogen and oxygen atoms in total. The Balaban J connectivity index is 2.12. The van der Waals surface area contributed by atoms with Crippen molar-refractivity contribution in [2.24, 2.45) is 0 Å². The van der Waals surface area contributed by atoms with Crippen molar-refractivity contribution in [1.29, 1.82) is 0 Å². The molecule has 0 saturated carbocycles. The van der Waals surface area contributed by atoms with Crippen molar-refractivity contribution in [3.05, 3.63) is 65.7 Å². The maximum Gasteiger partial charge on any atom is 0.306 e. The van der Waals surface area contributed by atoms with Crippen molar-refractivity contribution >= 4 is 17.6 Å². The number of esters is 1. The Bertz CT molecular complexity index is 744. The maximum absolute atomic E-state index is 12.5. The molecular weight excluding hydrogens is 294 g/mol. The Morgan fingerprint density at radius 3 is 2.52 bits per heavy atom. The lowest BCUT2D eigenvalue weighted by molar-refractivity contribution is -0.146. The third-order valence-corrected chi connectivity index (χ3v) is 4.24. The predicted octanol–water partition coefficient (Wildman–Crippen LogP) is 2.17. The molecule has 118 valence electrons. The van der Waals surface area contributed by atoms with Crippen LogP contribution in [0.2, 0.25) is 0 Å². The van der Waals surface area contributed by atoms with Crippen LogP contribution in [0.3, 0.4) is 0 Å². The summed E-state index contributed by atoms with van der Waals surface area (Å²) in [5, 5.41) is 13.9. The lowest BCUT2D eigenvalue weighted by atomic mass is 9.76. The van der Waals surface area contributed by atoms with E-state index in [1.165, 1.54) is 7.11 Å². The molecule has 5 heteroatoms. The van der Waals surface area contributed by atoms with Crippen LogP contribution in [0.15, 0.2) is 54.6 Å². The van der Waals surface area contributed by atoms with Gasteiger partial charge in [0, 0.05) is 17.2 Å². The number of rotatable bonds is 4. The lowest BCUT2D eigenvalue weighted by Crippen LogP contribution is -2.41.